The van der Waals surface area contributed by atoms with Gasteiger partial charge in [-0.3, -0.25) is 4.79 Å². The first-order valence-electron chi connectivity index (χ1n) is 5.00. The predicted molar refractivity (Wildman–Crippen MR) is 55.4 cm³/mol. The van der Waals surface area contributed by atoms with E-state index in [1.165, 1.54) is 0 Å². The molecule has 84 valence electrons. The van der Waals surface area contributed by atoms with Crippen LogP contribution in [0.5, 0.6) is 0 Å². The number of carbonyl (C=O) groups excluding carboxylic acids is 1. The lowest BCUT2D eigenvalue weighted by atomic mass is 10.1. The molecule has 2 N–H and O–H groups in total. The van der Waals surface area contributed by atoms with Crippen molar-refractivity contribution in [2.45, 2.75) is 18.9 Å². The minimum atomic E-state index is -1.10. The summed E-state index contributed by atoms with van der Waals surface area (Å²) in [6.45, 7) is 1.82. The molecule has 0 atom stereocenters. The Morgan fingerprint density at radius 1 is 1.33 bits per heavy atom. The lowest BCUT2D eigenvalue weighted by molar-refractivity contribution is -0.132. The monoisotopic (exact) mass is 212 g/mol. The average molecular weight is 212 g/mol. The van der Waals surface area contributed by atoms with Crippen LogP contribution < -0.4 is 5.32 Å². The minimum Gasteiger partial charge on any atom is -0.478 e. The van der Waals surface area contributed by atoms with Gasteiger partial charge >= 0.3 is 5.97 Å². The Morgan fingerprint density at radius 2 is 1.93 bits per heavy atom. The quantitative estimate of drug-likeness (QED) is 0.638. The highest BCUT2D eigenvalue weighted by molar-refractivity contribution is 5.93. The van der Waals surface area contributed by atoms with Gasteiger partial charge in [-0.15, -0.1) is 0 Å². The molecule has 0 saturated carbocycles. The number of hydrogen-bond donors (Lipinski definition) is 2. The van der Waals surface area contributed by atoms with Crippen LogP contribution >= 0.6 is 0 Å². The normalized spacial score (nSPS) is 17.9. The van der Waals surface area contributed by atoms with E-state index >= 15 is 0 Å². The van der Waals surface area contributed by atoms with Crippen molar-refractivity contribution in [2.24, 2.45) is 0 Å². The Hall–Kier alpha value is -1.36. The predicted octanol–water partition coefficient (Wildman–Crippen LogP) is -0.162. The van der Waals surface area contributed by atoms with Crippen molar-refractivity contribution in [1.29, 1.82) is 0 Å². The summed E-state index contributed by atoms with van der Waals surface area (Å²) < 4.78 is 0. The van der Waals surface area contributed by atoms with Gasteiger partial charge in [0, 0.05) is 25.2 Å². The maximum atomic E-state index is 11.5. The highest BCUT2D eigenvalue weighted by atomic mass is 16.4. The SMILES string of the molecule is CN(C(=O)C=CC(=O)O)C1CCNCC1. The van der Waals surface area contributed by atoms with E-state index in [0.29, 0.717) is 0 Å². The van der Waals surface area contributed by atoms with Crippen LogP contribution in [0.15, 0.2) is 12.2 Å². The van der Waals surface area contributed by atoms with Crippen LogP contribution in [-0.2, 0) is 9.59 Å². The molecule has 0 spiro atoms. The Labute approximate surface area is 88.8 Å². The number of nitrogens with one attached hydrogen (secondary N) is 1. The van der Waals surface area contributed by atoms with E-state index in [4.69, 9.17) is 5.11 Å². The summed E-state index contributed by atoms with van der Waals surface area (Å²) in [6, 6.07) is 0.220. The zero-order chi connectivity index (χ0) is 11.3. The summed E-state index contributed by atoms with van der Waals surface area (Å²) in [4.78, 5) is 23.3. The molecule has 1 aliphatic heterocycles. The molecule has 1 saturated heterocycles. The van der Waals surface area contributed by atoms with Gasteiger partial charge in [-0.05, 0) is 25.9 Å². The van der Waals surface area contributed by atoms with Crippen LogP contribution in [-0.4, -0.2) is 48.1 Å². The maximum Gasteiger partial charge on any atom is 0.328 e. The van der Waals surface area contributed by atoms with Crippen LogP contribution in [0.4, 0.5) is 0 Å². The molecule has 1 heterocycles. The molecule has 0 aliphatic carbocycles. The topological polar surface area (TPSA) is 69.6 Å². The Morgan fingerprint density at radius 3 is 2.47 bits per heavy atom. The Kier molecular flexibility index (Phi) is 4.30. The lowest BCUT2D eigenvalue weighted by Gasteiger charge is -2.30. The van der Waals surface area contributed by atoms with Gasteiger partial charge in [-0.2, -0.15) is 0 Å². The number of aliphatic carboxylic acids is 1. The summed E-state index contributed by atoms with van der Waals surface area (Å²) in [5, 5.41) is 11.6. The number of carbonyl (C=O) groups is 2. The molecule has 0 radical (unpaired) electrons. The number of amides is 1. The van der Waals surface area contributed by atoms with E-state index in [0.717, 1.165) is 38.1 Å². The summed E-state index contributed by atoms with van der Waals surface area (Å²) in [7, 11) is 1.71. The number of rotatable bonds is 3. The fraction of sp³-hybridized carbons (Fsp3) is 0.600. The highest BCUT2D eigenvalue weighted by Crippen LogP contribution is 2.10. The number of nitrogens with zero attached hydrogens (tertiary/aromatic N) is 1. The number of carboxylic acids is 1. The zero-order valence-electron chi connectivity index (χ0n) is 8.77. The van der Waals surface area contributed by atoms with Gasteiger partial charge in [0.15, 0.2) is 0 Å². The minimum absolute atomic E-state index is 0.220. The first-order valence-corrected chi connectivity index (χ1v) is 5.00. The first kappa shape index (κ1) is 11.7. The number of carboxylic acid groups (broad SMARTS) is 1. The van der Waals surface area contributed by atoms with Crippen molar-refractivity contribution in [1.82, 2.24) is 10.2 Å². The van der Waals surface area contributed by atoms with E-state index in [-0.39, 0.29) is 11.9 Å². The Balaban J connectivity index is 2.47. The second-order valence-electron chi connectivity index (χ2n) is 3.60. The van der Waals surface area contributed by atoms with Crippen molar-refractivity contribution >= 4 is 11.9 Å². The van der Waals surface area contributed by atoms with Crippen LogP contribution in [0.3, 0.4) is 0 Å². The molecule has 0 aromatic heterocycles. The first-order chi connectivity index (χ1) is 7.11. The van der Waals surface area contributed by atoms with Crippen molar-refractivity contribution in [3.05, 3.63) is 12.2 Å². The van der Waals surface area contributed by atoms with Crippen molar-refractivity contribution in [3.8, 4) is 0 Å². The molecular weight excluding hydrogens is 196 g/mol. The van der Waals surface area contributed by atoms with Gasteiger partial charge < -0.3 is 15.3 Å². The third-order valence-electron chi connectivity index (χ3n) is 2.57. The van der Waals surface area contributed by atoms with E-state index < -0.39 is 5.97 Å². The molecular formula is C10H16N2O3. The van der Waals surface area contributed by atoms with Crippen LogP contribution in [0.2, 0.25) is 0 Å². The third-order valence-corrected chi connectivity index (χ3v) is 2.57. The molecule has 0 aromatic rings. The van der Waals surface area contributed by atoms with E-state index in [1.54, 1.807) is 11.9 Å². The summed E-state index contributed by atoms with van der Waals surface area (Å²) in [5.74, 6) is -1.34. The van der Waals surface area contributed by atoms with E-state index in [2.05, 4.69) is 5.32 Å². The summed E-state index contributed by atoms with van der Waals surface area (Å²) in [6.07, 6.45) is 3.82. The number of likely N-dealkylation sites (N-methyl/N-ethyl adjacent to an activating group) is 1. The van der Waals surface area contributed by atoms with Gasteiger partial charge in [0.25, 0.3) is 0 Å². The lowest BCUT2D eigenvalue weighted by Crippen LogP contribution is -2.43. The largest absolute Gasteiger partial charge is 0.478 e. The highest BCUT2D eigenvalue weighted by Gasteiger charge is 2.20. The second-order valence-corrected chi connectivity index (χ2v) is 3.60. The van der Waals surface area contributed by atoms with Crippen molar-refractivity contribution in [2.75, 3.05) is 20.1 Å². The smallest absolute Gasteiger partial charge is 0.328 e. The summed E-state index contributed by atoms with van der Waals surface area (Å²) in [5.41, 5.74) is 0. The summed E-state index contributed by atoms with van der Waals surface area (Å²) >= 11 is 0. The van der Waals surface area contributed by atoms with Crippen LogP contribution in [0, 0.1) is 0 Å². The molecule has 1 amide bonds. The van der Waals surface area contributed by atoms with Crippen molar-refractivity contribution < 1.29 is 14.7 Å². The fourth-order valence-electron chi connectivity index (χ4n) is 1.63. The maximum absolute atomic E-state index is 11.5. The molecule has 5 heteroatoms. The molecule has 0 unspecified atom stereocenters. The van der Waals surface area contributed by atoms with Crippen LogP contribution in [0.25, 0.3) is 0 Å². The van der Waals surface area contributed by atoms with Crippen LogP contribution in [0.1, 0.15) is 12.8 Å². The van der Waals surface area contributed by atoms with Gasteiger partial charge in [0.1, 0.15) is 0 Å². The standard InChI is InChI=1S/C10H16N2O3/c1-12(8-4-6-11-7-5-8)9(13)2-3-10(14)15/h2-3,8,11H,4-7H2,1H3,(H,14,15). The second kappa shape index (κ2) is 5.50. The molecule has 0 bridgehead atoms. The molecule has 0 aromatic carbocycles. The van der Waals surface area contributed by atoms with Gasteiger partial charge in [0.05, 0.1) is 0 Å². The molecule has 5 nitrogen and oxygen atoms in total. The van der Waals surface area contributed by atoms with E-state index in [9.17, 15) is 9.59 Å². The molecule has 1 aliphatic rings. The van der Waals surface area contributed by atoms with E-state index in [1.807, 2.05) is 0 Å². The average Bonchev–Trinajstić information content (AvgIpc) is 2.26. The van der Waals surface area contributed by atoms with Gasteiger partial charge in [0.2, 0.25) is 5.91 Å². The fourth-order valence-corrected chi connectivity index (χ4v) is 1.63. The molecule has 1 fully saturated rings. The van der Waals surface area contributed by atoms with Crippen molar-refractivity contribution in [3.63, 3.8) is 0 Å². The van der Waals surface area contributed by atoms with Gasteiger partial charge in [-0.1, -0.05) is 0 Å². The molecule has 1 rings (SSSR count). The number of piperidine rings is 1. The van der Waals surface area contributed by atoms with Gasteiger partial charge in [-0.25, -0.2) is 4.79 Å². The zero-order valence-corrected chi connectivity index (χ0v) is 8.77. The Bertz CT molecular complexity index is 270. The molecule has 15 heavy (non-hydrogen) atoms. The number of hydrogen-bond acceptors (Lipinski definition) is 3. The third kappa shape index (κ3) is 3.71.